The number of carboxylic acid groups (broad SMARTS) is 2. The number of hydrogen-bond donors (Lipinski definition) is 3. The summed E-state index contributed by atoms with van der Waals surface area (Å²) in [7, 11) is 0. The van der Waals surface area contributed by atoms with Crippen molar-refractivity contribution in [3.63, 3.8) is 0 Å². The van der Waals surface area contributed by atoms with Crippen molar-refractivity contribution in [2.24, 2.45) is 0 Å². The van der Waals surface area contributed by atoms with E-state index < -0.39 is 11.9 Å². The summed E-state index contributed by atoms with van der Waals surface area (Å²) in [6.07, 6.45) is 6.32. The van der Waals surface area contributed by atoms with E-state index in [1.165, 1.54) is 56.4 Å². The molecule has 0 amide bonds. The van der Waals surface area contributed by atoms with E-state index >= 15 is 0 Å². The summed E-state index contributed by atoms with van der Waals surface area (Å²) in [6.45, 7) is 9.25. The Kier molecular flexibility index (Phi) is 11.1. The van der Waals surface area contributed by atoms with Crippen molar-refractivity contribution < 1.29 is 19.8 Å². The zero-order valence-corrected chi connectivity index (χ0v) is 16.4. The van der Waals surface area contributed by atoms with Gasteiger partial charge in [-0.1, -0.05) is 37.6 Å². The molecule has 6 nitrogen and oxygen atoms in total. The van der Waals surface area contributed by atoms with Crippen LogP contribution in [0.3, 0.4) is 0 Å². The Morgan fingerprint density at radius 1 is 1.15 bits per heavy atom. The smallest absolute Gasteiger partial charge is 0.328 e. The molecule has 0 bridgehead atoms. The van der Waals surface area contributed by atoms with Crippen LogP contribution in [-0.4, -0.2) is 52.7 Å². The molecule has 150 valence electrons. The molecule has 0 unspecified atom stereocenters. The second-order valence-corrected chi connectivity index (χ2v) is 6.74. The van der Waals surface area contributed by atoms with Gasteiger partial charge in [-0.2, -0.15) is 0 Å². The molecule has 1 aliphatic heterocycles. The molecule has 2 rings (SSSR count). The number of aryl methyl sites for hydroxylation is 1. The minimum absolute atomic E-state index is 0.558. The minimum Gasteiger partial charge on any atom is -0.478 e. The highest BCUT2D eigenvalue weighted by Crippen LogP contribution is 2.18. The van der Waals surface area contributed by atoms with Gasteiger partial charge in [-0.15, -0.1) is 0 Å². The predicted octanol–water partition coefficient (Wildman–Crippen LogP) is 3.06. The van der Waals surface area contributed by atoms with Crippen LogP contribution in [0, 0.1) is 6.92 Å². The maximum absolute atomic E-state index is 9.55. The number of nitrogens with zero attached hydrogens (tertiary/aromatic N) is 1. The summed E-state index contributed by atoms with van der Waals surface area (Å²) in [5.74, 6) is -2.51. The van der Waals surface area contributed by atoms with Gasteiger partial charge in [-0.05, 0) is 56.9 Å². The van der Waals surface area contributed by atoms with E-state index in [-0.39, 0.29) is 0 Å². The molecule has 0 radical (unpaired) electrons. The first kappa shape index (κ1) is 22.9. The van der Waals surface area contributed by atoms with Gasteiger partial charge in [-0.3, -0.25) is 4.90 Å². The molecule has 1 aromatic carbocycles. The molecule has 0 aliphatic carbocycles. The van der Waals surface area contributed by atoms with Crippen LogP contribution in [0.2, 0.25) is 0 Å². The number of carboxylic acids is 2. The number of unbranched alkanes of at least 4 members (excludes halogenated alkanes) is 1. The average Bonchev–Trinajstić information content (AvgIpc) is 2.66. The molecule has 1 saturated heterocycles. The number of nitrogens with one attached hydrogen (secondary N) is 1. The molecule has 1 fully saturated rings. The van der Waals surface area contributed by atoms with Crippen LogP contribution < -0.4 is 5.32 Å². The highest BCUT2D eigenvalue weighted by Gasteiger charge is 2.20. The number of rotatable bonds is 8. The normalized spacial score (nSPS) is 14.8. The molecular weight excluding hydrogens is 344 g/mol. The lowest BCUT2D eigenvalue weighted by Gasteiger charge is -2.35. The van der Waals surface area contributed by atoms with E-state index in [2.05, 4.69) is 48.3 Å². The van der Waals surface area contributed by atoms with E-state index in [0.717, 1.165) is 12.6 Å². The summed E-state index contributed by atoms with van der Waals surface area (Å²) >= 11 is 0. The lowest BCUT2D eigenvalue weighted by Crippen LogP contribution is -2.43. The zero-order chi connectivity index (χ0) is 20.1. The summed E-state index contributed by atoms with van der Waals surface area (Å²) in [6, 6.07) is 9.60. The lowest BCUT2D eigenvalue weighted by molar-refractivity contribution is -0.134. The van der Waals surface area contributed by atoms with Gasteiger partial charge in [0.1, 0.15) is 0 Å². The SMILES string of the molecule is CCCCN(Cc1ccccc1C)C1CCNCC1.O=C(O)/C=C/C(=O)O. The van der Waals surface area contributed by atoms with Crippen molar-refractivity contribution in [3.8, 4) is 0 Å². The third-order valence-corrected chi connectivity index (χ3v) is 4.63. The zero-order valence-electron chi connectivity index (χ0n) is 16.4. The Hall–Kier alpha value is -2.18. The fourth-order valence-corrected chi connectivity index (χ4v) is 3.07. The van der Waals surface area contributed by atoms with Crippen LogP contribution in [0.4, 0.5) is 0 Å². The van der Waals surface area contributed by atoms with Crippen LogP contribution in [0.15, 0.2) is 36.4 Å². The molecule has 0 aromatic heterocycles. The van der Waals surface area contributed by atoms with Gasteiger partial charge < -0.3 is 15.5 Å². The molecule has 0 spiro atoms. The van der Waals surface area contributed by atoms with E-state index in [0.29, 0.717) is 12.2 Å². The highest BCUT2D eigenvalue weighted by atomic mass is 16.4. The number of piperidine rings is 1. The van der Waals surface area contributed by atoms with Crippen molar-refractivity contribution >= 4 is 11.9 Å². The first-order chi connectivity index (χ1) is 12.9. The van der Waals surface area contributed by atoms with Crippen LogP contribution >= 0.6 is 0 Å². The number of hydrogen-bond acceptors (Lipinski definition) is 4. The highest BCUT2D eigenvalue weighted by molar-refractivity contribution is 5.89. The second kappa shape index (κ2) is 13.1. The van der Waals surface area contributed by atoms with Gasteiger partial charge in [0.05, 0.1) is 0 Å². The predicted molar refractivity (Wildman–Crippen MR) is 107 cm³/mol. The Bertz CT molecular complexity index is 594. The Morgan fingerprint density at radius 3 is 2.26 bits per heavy atom. The van der Waals surface area contributed by atoms with Gasteiger partial charge in [0.2, 0.25) is 0 Å². The van der Waals surface area contributed by atoms with Gasteiger partial charge >= 0.3 is 11.9 Å². The molecule has 1 heterocycles. The lowest BCUT2D eigenvalue weighted by atomic mass is 10.0. The van der Waals surface area contributed by atoms with E-state index in [4.69, 9.17) is 10.2 Å². The fraction of sp³-hybridized carbons (Fsp3) is 0.524. The molecule has 3 N–H and O–H groups in total. The van der Waals surface area contributed by atoms with E-state index in [9.17, 15) is 9.59 Å². The van der Waals surface area contributed by atoms with Crippen molar-refractivity contribution in [1.29, 1.82) is 0 Å². The third-order valence-electron chi connectivity index (χ3n) is 4.63. The number of benzene rings is 1. The second-order valence-electron chi connectivity index (χ2n) is 6.74. The summed E-state index contributed by atoms with van der Waals surface area (Å²) in [4.78, 5) is 21.8. The largest absolute Gasteiger partial charge is 0.478 e. The van der Waals surface area contributed by atoms with Crippen molar-refractivity contribution in [1.82, 2.24) is 10.2 Å². The maximum atomic E-state index is 9.55. The fourth-order valence-electron chi connectivity index (χ4n) is 3.07. The number of aliphatic carboxylic acids is 2. The van der Waals surface area contributed by atoms with Gasteiger partial charge in [0, 0.05) is 24.7 Å². The first-order valence-electron chi connectivity index (χ1n) is 9.57. The summed E-state index contributed by atoms with van der Waals surface area (Å²) in [5, 5.41) is 19.1. The average molecular weight is 376 g/mol. The molecule has 0 atom stereocenters. The third kappa shape index (κ3) is 9.92. The Labute approximate surface area is 161 Å². The van der Waals surface area contributed by atoms with Crippen LogP contribution in [0.5, 0.6) is 0 Å². The van der Waals surface area contributed by atoms with Gasteiger partial charge in [0.15, 0.2) is 0 Å². The Morgan fingerprint density at radius 2 is 1.74 bits per heavy atom. The van der Waals surface area contributed by atoms with Crippen LogP contribution in [0.1, 0.15) is 43.7 Å². The standard InChI is InChI=1S/C17H28N2.C4H4O4/c1-3-4-13-19(17-9-11-18-12-10-17)14-16-8-6-5-7-15(16)2;5-3(6)1-2-4(7)8/h5-8,17-18H,3-4,9-14H2,1-2H3;1-2H,(H,5,6)(H,7,8)/b;2-1+. The quantitative estimate of drug-likeness (QED) is 0.604. The monoisotopic (exact) mass is 376 g/mol. The summed E-state index contributed by atoms with van der Waals surface area (Å²) in [5.41, 5.74) is 2.93. The molecular formula is C21H32N2O4. The van der Waals surface area contributed by atoms with Gasteiger partial charge in [0.25, 0.3) is 0 Å². The maximum Gasteiger partial charge on any atom is 0.328 e. The molecule has 27 heavy (non-hydrogen) atoms. The first-order valence-corrected chi connectivity index (χ1v) is 9.57. The molecule has 1 aromatic rings. The minimum atomic E-state index is -1.26. The van der Waals surface area contributed by atoms with Crippen LogP contribution in [-0.2, 0) is 16.1 Å². The molecule has 1 aliphatic rings. The van der Waals surface area contributed by atoms with Gasteiger partial charge in [-0.25, -0.2) is 9.59 Å². The summed E-state index contributed by atoms with van der Waals surface area (Å²) < 4.78 is 0. The topological polar surface area (TPSA) is 89.9 Å². The van der Waals surface area contributed by atoms with Crippen molar-refractivity contribution in [3.05, 3.63) is 47.5 Å². The number of carbonyl (C=O) groups is 2. The Balaban J connectivity index is 0.000000387. The van der Waals surface area contributed by atoms with E-state index in [1.54, 1.807) is 0 Å². The van der Waals surface area contributed by atoms with Crippen molar-refractivity contribution in [2.75, 3.05) is 19.6 Å². The molecule has 6 heteroatoms. The molecule has 0 saturated carbocycles. The van der Waals surface area contributed by atoms with Crippen molar-refractivity contribution in [2.45, 2.75) is 52.1 Å². The van der Waals surface area contributed by atoms with E-state index in [1.807, 2.05) is 0 Å². The van der Waals surface area contributed by atoms with Crippen LogP contribution in [0.25, 0.3) is 0 Å².